The Labute approximate surface area is 150 Å². The molecule has 2 aromatic rings. The number of rotatable bonds is 8. The summed E-state index contributed by atoms with van der Waals surface area (Å²) < 4.78 is 0. The Bertz CT molecular complexity index is 703. The average Bonchev–Trinajstić information content (AvgIpc) is 2.61. The minimum atomic E-state index is -0.198. The highest BCUT2D eigenvalue weighted by atomic mass is 16.1. The van der Waals surface area contributed by atoms with E-state index < -0.39 is 0 Å². The molecule has 0 saturated carbocycles. The van der Waals surface area contributed by atoms with Crippen molar-refractivity contribution < 1.29 is 9.59 Å². The lowest BCUT2D eigenvalue weighted by molar-refractivity contribution is -0.124. The van der Waals surface area contributed by atoms with E-state index >= 15 is 0 Å². The molecule has 0 bridgehead atoms. The second-order valence-electron chi connectivity index (χ2n) is 7.03. The van der Waals surface area contributed by atoms with Gasteiger partial charge in [0.15, 0.2) is 11.6 Å². The zero-order valence-corrected chi connectivity index (χ0v) is 15.5. The Hall–Kier alpha value is -2.26. The summed E-state index contributed by atoms with van der Waals surface area (Å²) in [5.41, 5.74) is 2.40. The molecule has 0 saturated heterocycles. The molecule has 0 fully saturated rings. The monoisotopic (exact) mass is 337 g/mol. The Morgan fingerprint density at radius 2 is 1.40 bits per heavy atom. The fourth-order valence-electron chi connectivity index (χ4n) is 2.83. The average molecular weight is 337 g/mol. The van der Waals surface area contributed by atoms with E-state index in [0.717, 1.165) is 5.56 Å². The van der Waals surface area contributed by atoms with Gasteiger partial charge in [-0.15, -0.1) is 0 Å². The van der Waals surface area contributed by atoms with Crippen LogP contribution in [0.1, 0.15) is 49.2 Å². The van der Waals surface area contributed by atoms with Gasteiger partial charge in [-0.2, -0.15) is 0 Å². The van der Waals surface area contributed by atoms with Gasteiger partial charge in [0.25, 0.3) is 0 Å². The molecule has 0 aliphatic carbocycles. The van der Waals surface area contributed by atoms with Crippen molar-refractivity contribution in [1.29, 1.82) is 0 Å². The van der Waals surface area contributed by atoms with Crippen LogP contribution in [-0.2, 0) is 11.2 Å². The van der Waals surface area contributed by atoms with Crippen molar-refractivity contribution in [2.75, 3.05) is 0 Å². The minimum absolute atomic E-state index is 0.00446. The zero-order chi connectivity index (χ0) is 18.4. The van der Waals surface area contributed by atoms with E-state index in [4.69, 9.17) is 0 Å². The van der Waals surface area contributed by atoms with E-state index in [1.807, 2.05) is 82.3 Å². The van der Waals surface area contributed by atoms with Gasteiger partial charge in [-0.25, -0.2) is 0 Å². The van der Waals surface area contributed by atoms with Crippen LogP contribution in [0.15, 0.2) is 54.6 Å². The number of ketones is 2. The highest BCUT2D eigenvalue weighted by molar-refractivity contribution is 6.08. The van der Waals surface area contributed by atoms with Crippen LogP contribution in [0.2, 0.25) is 0 Å². The normalized spacial score (nSPS) is 12.4. The summed E-state index contributed by atoms with van der Waals surface area (Å²) in [6.45, 7) is 7.95. The summed E-state index contributed by atoms with van der Waals surface area (Å²) in [7, 11) is 0. The number of hydrogen-bond acceptors (Lipinski definition) is 3. The van der Waals surface area contributed by atoms with Crippen molar-refractivity contribution in [1.82, 2.24) is 5.32 Å². The number of carbonyl (C=O) groups is 2. The minimum Gasteiger partial charge on any atom is -0.305 e. The van der Waals surface area contributed by atoms with E-state index in [2.05, 4.69) is 5.32 Å². The maximum absolute atomic E-state index is 12.5. The summed E-state index contributed by atoms with van der Waals surface area (Å²) in [5.74, 6) is 0.232. The number of carbonyl (C=O) groups excluding carboxylic acids is 2. The Balaban J connectivity index is 2.12. The van der Waals surface area contributed by atoms with Gasteiger partial charge in [-0.1, -0.05) is 82.3 Å². The van der Waals surface area contributed by atoms with Crippen molar-refractivity contribution in [2.45, 2.75) is 46.2 Å². The molecule has 0 heterocycles. The van der Waals surface area contributed by atoms with Gasteiger partial charge < -0.3 is 5.32 Å². The van der Waals surface area contributed by atoms with Crippen LogP contribution in [-0.4, -0.2) is 23.7 Å². The molecule has 0 aromatic heterocycles. The van der Waals surface area contributed by atoms with Crippen LogP contribution in [0.3, 0.4) is 0 Å². The Kier molecular flexibility index (Phi) is 6.65. The predicted octanol–water partition coefficient (Wildman–Crippen LogP) is 4.05. The van der Waals surface area contributed by atoms with E-state index in [-0.39, 0.29) is 29.6 Å². The van der Waals surface area contributed by atoms with Crippen molar-refractivity contribution in [2.24, 2.45) is 5.92 Å². The van der Waals surface area contributed by atoms with Crippen molar-refractivity contribution >= 4 is 11.6 Å². The molecule has 132 valence electrons. The molecule has 0 aliphatic rings. The standard InChI is InChI=1S/C22H27NO2/c1-15(2)21(24)20(23-16(3)4)14-17-10-12-19(13-11-17)22(25)18-8-6-5-7-9-18/h5-13,15-16,20,23H,14H2,1-4H3/t20-/m0/s1. The molecule has 0 spiro atoms. The molecule has 1 atom stereocenters. The molecule has 0 aliphatic heterocycles. The lowest BCUT2D eigenvalue weighted by Gasteiger charge is -2.22. The first-order chi connectivity index (χ1) is 11.9. The third-order valence-electron chi connectivity index (χ3n) is 4.14. The van der Waals surface area contributed by atoms with Crippen molar-refractivity contribution in [3.63, 3.8) is 0 Å². The third-order valence-corrected chi connectivity index (χ3v) is 4.14. The van der Waals surface area contributed by atoms with Gasteiger partial charge in [0.1, 0.15) is 0 Å². The van der Waals surface area contributed by atoms with Crippen LogP contribution < -0.4 is 5.32 Å². The van der Waals surface area contributed by atoms with Gasteiger partial charge in [-0.05, 0) is 12.0 Å². The Morgan fingerprint density at radius 3 is 1.92 bits per heavy atom. The van der Waals surface area contributed by atoms with Crippen LogP contribution >= 0.6 is 0 Å². The Morgan fingerprint density at radius 1 is 0.840 bits per heavy atom. The van der Waals surface area contributed by atoms with Gasteiger partial charge in [0.2, 0.25) is 0 Å². The van der Waals surface area contributed by atoms with Gasteiger partial charge in [0, 0.05) is 23.1 Å². The zero-order valence-electron chi connectivity index (χ0n) is 15.5. The molecule has 2 aromatic carbocycles. The highest BCUT2D eigenvalue weighted by Gasteiger charge is 2.22. The topological polar surface area (TPSA) is 46.2 Å². The number of hydrogen-bond donors (Lipinski definition) is 1. The third kappa shape index (κ3) is 5.36. The molecule has 3 nitrogen and oxygen atoms in total. The van der Waals surface area contributed by atoms with Gasteiger partial charge in [-0.3, -0.25) is 9.59 Å². The first kappa shape index (κ1) is 19.1. The van der Waals surface area contributed by atoms with Crippen LogP contribution in [0.5, 0.6) is 0 Å². The molecule has 25 heavy (non-hydrogen) atoms. The smallest absolute Gasteiger partial charge is 0.193 e. The van der Waals surface area contributed by atoms with E-state index in [0.29, 0.717) is 17.5 Å². The lowest BCUT2D eigenvalue weighted by Crippen LogP contribution is -2.44. The van der Waals surface area contributed by atoms with Crippen LogP contribution in [0.4, 0.5) is 0 Å². The number of nitrogens with one attached hydrogen (secondary N) is 1. The quantitative estimate of drug-likeness (QED) is 0.739. The second-order valence-corrected chi connectivity index (χ2v) is 7.03. The van der Waals surface area contributed by atoms with Gasteiger partial charge in [0.05, 0.1) is 6.04 Å². The van der Waals surface area contributed by atoms with Crippen LogP contribution in [0.25, 0.3) is 0 Å². The van der Waals surface area contributed by atoms with Gasteiger partial charge >= 0.3 is 0 Å². The molecule has 0 unspecified atom stereocenters. The summed E-state index contributed by atoms with van der Waals surface area (Å²) in [5, 5.41) is 3.36. The molecule has 0 amide bonds. The summed E-state index contributed by atoms with van der Waals surface area (Å²) >= 11 is 0. The lowest BCUT2D eigenvalue weighted by atomic mass is 9.94. The van der Waals surface area contributed by atoms with Crippen LogP contribution in [0, 0.1) is 5.92 Å². The summed E-state index contributed by atoms with van der Waals surface area (Å²) in [6.07, 6.45) is 0.634. The number of benzene rings is 2. The van der Waals surface area contributed by atoms with E-state index in [1.54, 1.807) is 0 Å². The first-order valence-electron chi connectivity index (χ1n) is 8.87. The number of Topliss-reactive ketones (excluding diaryl/α,β-unsaturated/α-hetero) is 1. The molecule has 1 N–H and O–H groups in total. The predicted molar refractivity (Wildman–Crippen MR) is 102 cm³/mol. The highest BCUT2D eigenvalue weighted by Crippen LogP contribution is 2.14. The maximum Gasteiger partial charge on any atom is 0.193 e. The van der Waals surface area contributed by atoms with Crippen molar-refractivity contribution in [3.8, 4) is 0 Å². The fraction of sp³-hybridized carbons (Fsp3) is 0.364. The van der Waals surface area contributed by atoms with E-state index in [9.17, 15) is 9.59 Å². The largest absolute Gasteiger partial charge is 0.305 e. The van der Waals surface area contributed by atoms with Crippen molar-refractivity contribution in [3.05, 3.63) is 71.3 Å². The second kappa shape index (κ2) is 8.72. The molecule has 2 rings (SSSR count). The molecular formula is C22H27NO2. The summed E-state index contributed by atoms with van der Waals surface area (Å²) in [4.78, 5) is 24.9. The SMILES string of the molecule is CC(C)N[C@@H](Cc1ccc(C(=O)c2ccccc2)cc1)C(=O)C(C)C. The first-order valence-corrected chi connectivity index (χ1v) is 8.87. The molecule has 3 heteroatoms. The fourth-order valence-corrected chi connectivity index (χ4v) is 2.83. The summed E-state index contributed by atoms with van der Waals surface area (Å²) in [6, 6.07) is 16.9. The maximum atomic E-state index is 12.5. The molecule has 0 radical (unpaired) electrons. The molecular weight excluding hydrogens is 310 g/mol. The van der Waals surface area contributed by atoms with E-state index in [1.165, 1.54) is 0 Å².